The summed E-state index contributed by atoms with van der Waals surface area (Å²) in [4.78, 5) is 12.2. The summed E-state index contributed by atoms with van der Waals surface area (Å²) in [6, 6.07) is 15.0. The van der Waals surface area contributed by atoms with Crippen LogP contribution in [0.15, 0.2) is 59.0 Å². The summed E-state index contributed by atoms with van der Waals surface area (Å²) in [6.07, 6.45) is 0.214. The molecule has 140 valence electrons. The van der Waals surface area contributed by atoms with Crippen molar-refractivity contribution in [1.82, 2.24) is 5.32 Å². The Hall–Kier alpha value is -3.28. The highest BCUT2D eigenvalue weighted by Gasteiger charge is 2.10. The van der Waals surface area contributed by atoms with Crippen LogP contribution in [0.3, 0.4) is 0 Å². The number of hydrogen-bond acceptors (Lipinski definition) is 4. The Balaban J connectivity index is 1.57. The van der Waals surface area contributed by atoms with E-state index in [9.17, 15) is 9.18 Å². The molecule has 5 nitrogen and oxygen atoms in total. The fraction of sp³-hybridized carbons (Fsp3) is 0.190. The number of rotatable bonds is 7. The third kappa shape index (κ3) is 4.67. The lowest BCUT2D eigenvalue weighted by atomic mass is 10.1. The molecule has 1 N–H and O–H groups in total. The van der Waals surface area contributed by atoms with Crippen LogP contribution in [-0.2, 0) is 17.8 Å². The molecule has 2 aromatic carbocycles. The molecule has 0 saturated carbocycles. The lowest BCUT2D eigenvalue weighted by Gasteiger charge is -2.09. The number of benzene rings is 2. The SMILES string of the molecule is COc1ccc(CC(=O)NCc2ccc(-c3ccc(F)cc3)o2)cc1OC. The largest absolute Gasteiger partial charge is 0.493 e. The van der Waals surface area contributed by atoms with Crippen LogP contribution in [0.1, 0.15) is 11.3 Å². The summed E-state index contributed by atoms with van der Waals surface area (Å²) in [5.74, 6) is 2.01. The summed E-state index contributed by atoms with van der Waals surface area (Å²) < 4.78 is 29.1. The van der Waals surface area contributed by atoms with Crippen molar-refractivity contribution < 1.29 is 23.1 Å². The minimum absolute atomic E-state index is 0.137. The standard InChI is InChI=1S/C21H20FNO4/c1-25-19-9-3-14(11-20(19)26-2)12-21(24)23-13-17-8-10-18(27-17)15-4-6-16(22)7-5-15/h3-11H,12-13H2,1-2H3,(H,23,24). The molecule has 0 unspecified atom stereocenters. The van der Waals surface area contributed by atoms with E-state index in [0.29, 0.717) is 23.0 Å². The normalized spacial score (nSPS) is 10.5. The molecule has 0 fully saturated rings. The van der Waals surface area contributed by atoms with Gasteiger partial charge in [0.1, 0.15) is 17.3 Å². The minimum Gasteiger partial charge on any atom is -0.493 e. The van der Waals surface area contributed by atoms with Crippen molar-refractivity contribution in [3.05, 3.63) is 71.7 Å². The van der Waals surface area contributed by atoms with Gasteiger partial charge in [0.05, 0.1) is 27.2 Å². The van der Waals surface area contributed by atoms with Crippen molar-refractivity contribution >= 4 is 5.91 Å². The predicted molar refractivity (Wildman–Crippen MR) is 99.2 cm³/mol. The highest BCUT2D eigenvalue weighted by molar-refractivity contribution is 5.78. The van der Waals surface area contributed by atoms with Crippen molar-refractivity contribution in [3.63, 3.8) is 0 Å². The maximum absolute atomic E-state index is 13.0. The molecule has 0 bridgehead atoms. The Labute approximate surface area is 156 Å². The minimum atomic E-state index is -0.298. The Morgan fingerprint density at radius 3 is 2.44 bits per heavy atom. The second-order valence-corrected chi connectivity index (χ2v) is 5.92. The maximum atomic E-state index is 13.0. The molecular formula is C21H20FNO4. The molecule has 1 aromatic heterocycles. The van der Waals surface area contributed by atoms with E-state index >= 15 is 0 Å². The zero-order valence-corrected chi connectivity index (χ0v) is 15.1. The first kappa shape index (κ1) is 18.5. The van der Waals surface area contributed by atoms with E-state index in [-0.39, 0.29) is 24.7 Å². The molecule has 0 saturated heterocycles. The molecule has 3 aromatic rings. The second-order valence-electron chi connectivity index (χ2n) is 5.92. The van der Waals surface area contributed by atoms with Gasteiger partial charge >= 0.3 is 0 Å². The highest BCUT2D eigenvalue weighted by atomic mass is 19.1. The molecule has 3 rings (SSSR count). The smallest absolute Gasteiger partial charge is 0.224 e. The number of carbonyl (C=O) groups is 1. The van der Waals surface area contributed by atoms with Gasteiger partial charge in [0.25, 0.3) is 0 Å². The van der Waals surface area contributed by atoms with Crippen molar-refractivity contribution in [2.24, 2.45) is 0 Å². The molecule has 1 amide bonds. The average molecular weight is 369 g/mol. The molecule has 0 spiro atoms. The van der Waals surface area contributed by atoms with Gasteiger partial charge in [-0.1, -0.05) is 6.07 Å². The van der Waals surface area contributed by atoms with E-state index in [4.69, 9.17) is 13.9 Å². The predicted octanol–water partition coefficient (Wildman–Crippen LogP) is 3.96. The third-order valence-corrected chi connectivity index (χ3v) is 4.06. The monoisotopic (exact) mass is 369 g/mol. The molecule has 1 heterocycles. The Morgan fingerprint density at radius 1 is 1.00 bits per heavy atom. The number of hydrogen-bond donors (Lipinski definition) is 1. The quantitative estimate of drug-likeness (QED) is 0.685. The number of methoxy groups -OCH3 is 2. The van der Waals surface area contributed by atoms with Crippen LogP contribution in [0.5, 0.6) is 11.5 Å². The number of nitrogens with one attached hydrogen (secondary N) is 1. The topological polar surface area (TPSA) is 60.7 Å². The van der Waals surface area contributed by atoms with Gasteiger partial charge in [-0.3, -0.25) is 4.79 Å². The third-order valence-electron chi connectivity index (χ3n) is 4.06. The van der Waals surface area contributed by atoms with Gasteiger partial charge in [-0.25, -0.2) is 4.39 Å². The Kier molecular flexibility index (Phi) is 5.76. The van der Waals surface area contributed by atoms with Gasteiger partial charge < -0.3 is 19.2 Å². The average Bonchev–Trinajstić information content (AvgIpc) is 3.16. The molecule has 0 aliphatic heterocycles. The molecule has 27 heavy (non-hydrogen) atoms. The number of amides is 1. The summed E-state index contributed by atoms with van der Waals surface area (Å²) in [6.45, 7) is 0.271. The van der Waals surface area contributed by atoms with Crippen LogP contribution < -0.4 is 14.8 Å². The highest BCUT2D eigenvalue weighted by Crippen LogP contribution is 2.27. The van der Waals surface area contributed by atoms with E-state index in [0.717, 1.165) is 11.1 Å². The van der Waals surface area contributed by atoms with Gasteiger partial charge in [0, 0.05) is 5.56 Å². The zero-order chi connectivity index (χ0) is 19.2. The first-order valence-electron chi connectivity index (χ1n) is 8.41. The van der Waals surface area contributed by atoms with E-state index in [1.165, 1.54) is 12.1 Å². The van der Waals surface area contributed by atoms with E-state index < -0.39 is 0 Å². The van der Waals surface area contributed by atoms with E-state index in [1.54, 1.807) is 50.6 Å². The van der Waals surface area contributed by atoms with Crippen molar-refractivity contribution in [2.45, 2.75) is 13.0 Å². The lowest BCUT2D eigenvalue weighted by molar-refractivity contribution is -0.120. The van der Waals surface area contributed by atoms with Gasteiger partial charge in [-0.05, 0) is 54.1 Å². The van der Waals surface area contributed by atoms with Crippen molar-refractivity contribution in [1.29, 1.82) is 0 Å². The van der Waals surface area contributed by atoms with Crippen molar-refractivity contribution in [2.75, 3.05) is 14.2 Å². The van der Waals surface area contributed by atoms with Crippen LogP contribution >= 0.6 is 0 Å². The van der Waals surface area contributed by atoms with Crippen molar-refractivity contribution in [3.8, 4) is 22.8 Å². The first-order chi connectivity index (χ1) is 13.1. The Bertz CT molecular complexity index is 918. The number of halogens is 1. The lowest BCUT2D eigenvalue weighted by Crippen LogP contribution is -2.24. The van der Waals surface area contributed by atoms with Crippen LogP contribution in [0.4, 0.5) is 4.39 Å². The molecule has 6 heteroatoms. The molecule has 0 aliphatic carbocycles. The fourth-order valence-corrected chi connectivity index (χ4v) is 2.67. The van der Waals surface area contributed by atoms with Crippen LogP contribution in [0, 0.1) is 5.82 Å². The zero-order valence-electron chi connectivity index (χ0n) is 15.1. The number of ether oxygens (including phenoxy) is 2. The summed E-state index contributed by atoms with van der Waals surface area (Å²) in [5.41, 5.74) is 1.59. The first-order valence-corrected chi connectivity index (χ1v) is 8.41. The maximum Gasteiger partial charge on any atom is 0.224 e. The molecule has 0 aliphatic rings. The Morgan fingerprint density at radius 2 is 1.74 bits per heavy atom. The second kappa shape index (κ2) is 8.40. The van der Waals surface area contributed by atoms with Gasteiger partial charge in [-0.15, -0.1) is 0 Å². The van der Waals surface area contributed by atoms with E-state index in [1.807, 2.05) is 6.07 Å². The summed E-state index contributed by atoms with van der Waals surface area (Å²) in [5, 5.41) is 2.82. The number of furan rings is 1. The molecule has 0 radical (unpaired) electrons. The van der Waals surface area contributed by atoms with Gasteiger partial charge in [-0.2, -0.15) is 0 Å². The van der Waals surface area contributed by atoms with Crippen LogP contribution in [0.2, 0.25) is 0 Å². The van der Waals surface area contributed by atoms with Gasteiger partial charge in [0.15, 0.2) is 11.5 Å². The van der Waals surface area contributed by atoms with E-state index in [2.05, 4.69) is 5.32 Å². The van der Waals surface area contributed by atoms with Crippen LogP contribution in [0.25, 0.3) is 11.3 Å². The molecular weight excluding hydrogens is 349 g/mol. The number of carbonyl (C=O) groups excluding carboxylic acids is 1. The van der Waals surface area contributed by atoms with Gasteiger partial charge in [0.2, 0.25) is 5.91 Å². The molecule has 0 atom stereocenters. The summed E-state index contributed by atoms with van der Waals surface area (Å²) >= 11 is 0. The van der Waals surface area contributed by atoms with Crippen LogP contribution in [-0.4, -0.2) is 20.1 Å². The summed E-state index contributed by atoms with van der Waals surface area (Å²) in [7, 11) is 3.12. The fourth-order valence-electron chi connectivity index (χ4n) is 2.67.